The second-order valence-corrected chi connectivity index (χ2v) is 9.00. The summed E-state index contributed by atoms with van der Waals surface area (Å²) in [7, 11) is 0. The van der Waals surface area contributed by atoms with E-state index in [0.29, 0.717) is 59.1 Å². The maximum atomic E-state index is 15.2. The van der Waals surface area contributed by atoms with Crippen LogP contribution in [0.5, 0.6) is 0 Å². The van der Waals surface area contributed by atoms with Crippen LogP contribution in [0.4, 0.5) is 10.1 Å². The molecule has 0 atom stereocenters. The fourth-order valence-corrected chi connectivity index (χ4v) is 4.02. The summed E-state index contributed by atoms with van der Waals surface area (Å²) in [6.45, 7) is 5.04. The zero-order chi connectivity index (χ0) is 20.5. The van der Waals surface area contributed by atoms with Gasteiger partial charge < -0.3 is 21.1 Å². The largest absolute Gasteiger partial charge is 0.397 e. The summed E-state index contributed by atoms with van der Waals surface area (Å²) in [6, 6.07) is 5.18. The van der Waals surface area contributed by atoms with E-state index in [1.54, 1.807) is 38.2 Å². The van der Waals surface area contributed by atoms with E-state index in [1.807, 2.05) is 4.90 Å². The van der Waals surface area contributed by atoms with Crippen LogP contribution in [0.1, 0.15) is 37.0 Å². The first-order valence-electron chi connectivity index (χ1n) is 9.33. The molecule has 152 valence electrons. The van der Waals surface area contributed by atoms with Crippen molar-refractivity contribution in [3.8, 4) is 0 Å². The van der Waals surface area contributed by atoms with Gasteiger partial charge in [0.25, 0.3) is 5.91 Å². The van der Waals surface area contributed by atoms with Crippen molar-refractivity contribution in [2.75, 3.05) is 31.9 Å². The van der Waals surface area contributed by atoms with Crippen LogP contribution in [-0.4, -0.2) is 58.3 Å². The number of alkyl halides is 1. The number of carbonyl (C=O) groups is 1. The maximum Gasteiger partial charge on any atom is 0.253 e. The topological polar surface area (TPSA) is 91.5 Å². The molecule has 4 N–H and O–H groups in total. The van der Waals surface area contributed by atoms with Crippen LogP contribution in [0.25, 0.3) is 10.9 Å². The summed E-state index contributed by atoms with van der Waals surface area (Å²) in [5, 5.41) is 13.3. The second kappa shape index (κ2) is 7.93. The number of benzene rings is 1. The molecule has 2 heterocycles. The summed E-state index contributed by atoms with van der Waals surface area (Å²) < 4.78 is 15.8. The van der Waals surface area contributed by atoms with Crippen LogP contribution in [-0.2, 0) is 0 Å². The molecule has 1 fully saturated rings. The number of hydrogen-bond acceptors (Lipinski definition) is 5. The highest BCUT2D eigenvalue weighted by molar-refractivity contribution is 9.10. The number of aromatic nitrogens is 1. The highest BCUT2D eigenvalue weighted by Crippen LogP contribution is 2.31. The Labute approximate surface area is 172 Å². The summed E-state index contributed by atoms with van der Waals surface area (Å²) >= 11 is 3.37. The average Bonchev–Trinajstić information content (AvgIpc) is 2.64. The number of likely N-dealkylation sites (tertiary alicyclic amines) is 1. The minimum atomic E-state index is -1.46. The predicted molar refractivity (Wildman–Crippen MR) is 112 cm³/mol. The van der Waals surface area contributed by atoms with Crippen molar-refractivity contribution >= 4 is 38.4 Å². The number of nitrogens with one attached hydrogen (secondary N) is 1. The van der Waals surface area contributed by atoms with E-state index >= 15 is 4.39 Å². The number of piperidine rings is 1. The molecule has 1 aliphatic rings. The molecule has 1 saturated heterocycles. The number of hydrogen-bond donors (Lipinski definition) is 3. The smallest absolute Gasteiger partial charge is 0.253 e. The van der Waals surface area contributed by atoms with Gasteiger partial charge in [0.2, 0.25) is 0 Å². The van der Waals surface area contributed by atoms with Crippen molar-refractivity contribution in [2.45, 2.75) is 38.0 Å². The molecule has 0 saturated carbocycles. The Bertz CT molecular complexity index is 876. The first-order chi connectivity index (χ1) is 13.1. The van der Waals surface area contributed by atoms with Crippen LogP contribution in [0.3, 0.4) is 0 Å². The number of halogens is 2. The Morgan fingerprint density at radius 2 is 2.14 bits per heavy atom. The molecule has 28 heavy (non-hydrogen) atoms. The third-order valence-electron chi connectivity index (χ3n) is 5.05. The van der Waals surface area contributed by atoms with Gasteiger partial charge >= 0.3 is 0 Å². The van der Waals surface area contributed by atoms with E-state index in [-0.39, 0.29) is 12.5 Å². The highest BCUT2D eigenvalue weighted by Gasteiger charge is 2.36. The summed E-state index contributed by atoms with van der Waals surface area (Å²) in [5.74, 6) is -0.375. The SMILES string of the molecule is CC(C)(O)CN1CCC(F)(CNC(=O)c2cc(Br)c(N)c3cccnc23)CC1. The summed E-state index contributed by atoms with van der Waals surface area (Å²) in [4.78, 5) is 19.1. The second-order valence-electron chi connectivity index (χ2n) is 8.14. The van der Waals surface area contributed by atoms with Gasteiger partial charge in [0, 0.05) is 35.7 Å². The molecular weight excluding hydrogens is 427 g/mol. The van der Waals surface area contributed by atoms with Gasteiger partial charge in [-0.25, -0.2) is 4.39 Å². The van der Waals surface area contributed by atoms with Gasteiger partial charge in [-0.05, 0) is 60.8 Å². The number of carbonyl (C=O) groups excluding carboxylic acids is 1. The standard InChI is InChI=1S/C20H26BrFN4O2/c1-19(2,28)12-26-8-5-20(22,6-9-26)11-25-18(27)14-10-15(21)16(23)13-4-3-7-24-17(13)14/h3-4,7,10,28H,5-6,8-9,11-12,23H2,1-2H3,(H,25,27). The zero-order valence-corrected chi connectivity index (χ0v) is 17.7. The lowest BCUT2D eigenvalue weighted by atomic mass is 9.92. The van der Waals surface area contributed by atoms with Crippen molar-refractivity contribution in [1.82, 2.24) is 15.2 Å². The Kier molecular flexibility index (Phi) is 5.93. The summed E-state index contributed by atoms with van der Waals surface area (Å²) in [5.41, 5.74) is 5.16. The van der Waals surface area contributed by atoms with Crippen LogP contribution in [0, 0.1) is 0 Å². The molecule has 0 radical (unpaired) electrons. The molecule has 1 amide bonds. The van der Waals surface area contributed by atoms with Gasteiger partial charge in [-0.2, -0.15) is 0 Å². The highest BCUT2D eigenvalue weighted by atomic mass is 79.9. The molecule has 1 aliphatic heterocycles. The molecule has 8 heteroatoms. The van der Waals surface area contributed by atoms with Crippen molar-refractivity contribution in [2.24, 2.45) is 0 Å². The zero-order valence-electron chi connectivity index (χ0n) is 16.1. The molecule has 2 aromatic rings. The number of β-amino-alcohol motifs (C(OH)–C–C–N with tert-alkyl or cyclic N) is 1. The lowest BCUT2D eigenvalue weighted by Gasteiger charge is -2.38. The Morgan fingerprint density at radius 1 is 1.46 bits per heavy atom. The Balaban J connectivity index is 1.67. The molecular formula is C20H26BrFN4O2. The van der Waals surface area contributed by atoms with E-state index in [0.717, 1.165) is 0 Å². The average molecular weight is 453 g/mol. The van der Waals surface area contributed by atoms with E-state index in [2.05, 4.69) is 26.2 Å². The molecule has 1 aromatic heterocycles. The van der Waals surface area contributed by atoms with Crippen molar-refractivity contribution in [1.29, 1.82) is 0 Å². The van der Waals surface area contributed by atoms with E-state index in [9.17, 15) is 9.90 Å². The number of nitrogens with two attached hydrogens (primary N) is 1. The van der Waals surface area contributed by atoms with Crippen LogP contribution in [0.15, 0.2) is 28.9 Å². The van der Waals surface area contributed by atoms with Gasteiger partial charge in [-0.1, -0.05) is 0 Å². The number of nitrogen functional groups attached to an aromatic ring is 1. The van der Waals surface area contributed by atoms with Crippen LogP contribution >= 0.6 is 15.9 Å². The van der Waals surface area contributed by atoms with Gasteiger partial charge in [0.1, 0.15) is 5.67 Å². The van der Waals surface area contributed by atoms with Gasteiger partial charge in [0.15, 0.2) is 0 Å². The number of aliphatic hydroxyl groups is 1. The van der Waals surface area contributed by atoms with Crippen molar-refractivity contribution in [3.05, 3.63) is 34.4 Å². The lowest BCUT2D eigenvalue weighted by molar-refractivity contribution is -0.000320. The van der Waals surface area contributed by atoms with E-state index in [4.69, 9.17) is 5.73 Å². The minimum Gasteiger partial charge on any atom is -0.397 e. The normalized spacial score (nSPS) is 17.6. The third kappa shape index (κ3) is 4.79. The van der Waals surface area contributed by atoms with Gasteiger partial charge in [-0.3, -0.25) is 9.78 Å². The fourth-order valence-electron chi connectivity index (χ4n) is 3.58. The quantitative estimate of drug-likeness (QED) is 0.606. The Hall–Kier alpha value is -1.77. The first-order valence-corrected chi connectivity index (χ1v) is 10.1. The molecule has 0 unspecified atom stereocenters. The molecule has 0 spiro atoms. The third-order valence-corrected chi connectivity index (χ3v) is 5.71. The number of amides is 1. The van der Waals surface area contributed by atoms with Crippen molar-refractivity contribution < 1.29 is 14.3 Å². The first kappa shape index (κ1) is 21.0. The molecule has 0 bridgehead atoms. The maximum absolute atomic E-state index is 15.2. The molecule has 1 aromatic carbocycles. The number of rotatable bonds is 5. The Morgan fingerprint density at radius 3 is 2.79 bits per heavy atom. The predicted octanol–water partition coefficient (Wildman–Crippen LogP) is 2.88. The lowest BCUT2D eigenvalue weighted by Crippen LogP contribution is -2.50. The number of fused-ring (bicyclic) bond motifs is 1. The number of pyridine rings is 1. The number of nitrogens with zero attached hydrogens (tertiary/aromatic N) is 2. The molecule has 3 rings (SSSR count). The van der Waals surface area contributed by atoms with Crippen LogP contribution in [0.2, 0.25) is 0 Å². The van der Waals surface area contributed by atoms with Crippen molar-refractivity contribution in [3.63, 3.8) is 0 Å². The van der Waals surface area contributed by atoms with E-state index in [1.165, 1.54) is 0 Å². The summed E-state index contributed by atoms with van der Waals surface area (Å²) in [6.07, 6.45) is 2.23. The molecule has 0 aliphatic carbocycles. The minimum absolute atomic E-state index is 0.0570. The van der Waals surface area contributed by atoms with Gasteiger partial charge in [-0.15, -0.1) is 0 Å². The van der Waals surface area contributed by atoms with Crippen LogP contribution < -0.4 is 11.1 Å². The monoisotopic (exact) mass is 452 g/mol. The molecule has 6 nitrogen and oxygen atoms in total. The van der Waals surface area contributed by atoms with Gasteiger partial charge in [0.05, 0.1) is 28.9 Å². The fraction of sp³-hybridized carbons (Fsp3) is 0.500. The number of anilines is 1. The van der Waals surface area contributed by atoms with E-state index < -0.39 is 11.3 Å².